The number of sulfonamides is 1. The zero-order chi connectivity index (χ0) is 21.0. The molecule has 1 heterocycles. The second kappa shape index (κ2) is 9.07. The topological polar surface area (TPSA) is 69.7 Å². The average molecular weight is 416 g/mol. The molecule has 156 valence electrons. The van der Waals surface area contributed by atoms with Crippen LogP contribution in [-0.2, 0) is 14.8 Å². The maximum absolute atomic E-state index is 12.9. The van der Waals surface area contributed by atoms with E-state index in [9.17, 15) is 13.2 Å². The first-order chi connectivity index (χ1) is 13.8. The summed E-state index contributed by atoms with van der Waals surface area (Å²) in [5.74, 6) is -0.0525. The molecule has 0 radical (unpaired) electrons. The van der Waals surface area contributed by atoms with Crippen molar-refractivity contribution in [1.29, 1.82) is 0 Å². The van der Waals surface area contributed by atoms with Gasteiger partial charge < -0.3 is 5.32 Å². The van der Waals surface area contributed by atoms with Gasteiger partial charge in [-0.15, -0.1) is 0 Å². The minimum Gasteiger partial charge on any atom is -0.324 e. The van der Waals surface area contributed by atoms with E-state index in [-0.39, 0.29) is 18.0 Å². The summed E-state index contributed by atoms with van der Waals surface area (Å²) < 4.78 is 25.0. The van der Waals surface area contributed by atoms with Gasteiger partial charge in [0.2, 0.25) is 15.9 Å². The van der Waals surface area contributed by atoms with Crippen LogP contribution < -0.4 is 5.32 Å². The van der Waals surface area contributed by atoms with Gasteiger partial charge in [0, 0.05) is 37.4 Å². The van der Waals surface area contributed by atoms with Crippen molar-refractivity contribution in [3.63, 3.8) is 0 Å². The first-order valence-electron chi connectivity index (χ1n) is 9.89. The number of hydrogen-bond acceptors (Lipinski definition) is 4. The van der Waals surface area contributed by atoms with E-state index >= 15 is 0 Å². The largest absolute Gasteiger partial charge is 0.324 e. The Balaban J connectivity index is 1.64. The molecule has 1 fully saturated rings. The van der Waals surface area contributed by atoms with Gasteiger partial charge in [-0.2, -0.15) is 0 Å². The molecular formula is C22H29N3O3S. The summed E-state index contributed by atoms with van der Waals surface area (Å²) in [6.45, 7) is 3.29. The molecule has 1 N–H and O–H groups in total. The van der Waals surface area contributed by atoms with Gasteiger partial charge in [-0.05, 0) is 31.4 Å². The van der Waals surface area contributed by atoms with E-state index in [0.29, 0.717) is 13.1 Å². The molecule has 0 saturated carbocycles. The third-order valence-corrected chi connectivity index (χ3v) is 7.08. The Bertz CT molecular complexity index is 939. The number of piperidine rings is 1. The Kier molecular flexibility index (Phi) is 6.72. The summed E-state index contributed by atoms with van der Waals surface area (Å²) in [5, 5.41) is 3.08. The molecule has 29 heavy (non-hydrogen) atoms. The highest BCUT2D eigenvalue weighted by Crippen LogP contribution is 2.28. The van der Waals surface area contributed by atoms with Crippen molar-refractivity contribution < 1.29 is 13.2 Å². The van der Waals surface area contributed by atoms with E-state index < -0.39 is 10.0 Å². The molecule has 0 bridgehead atoms. The molecule has 0 unspecified atom stereocenters. The molecular weight excluding hydrogens is 386 g/mol. The molecule has 0 spiro atoms. The van der Waals surface area contributed by atoms with Crippen LogP contribution in [0.25, 0.3) is 11.1 Å². The molecule has 7 heteroatoms. The lowest BCUT2D eigenvalue weighted by Crippen LogP contribution is -2.50. The summed E-state index contributed by atoms with van der Waals surface area (Å²) in [6.07, 6.45) is 2.68. The van der Waals surface area contributed by atoms with Gasteiger partial charge in [0.05, 0.1) is 12.3 Å². The van der Waals surface area contributed by atoms with Crippen LogP contribution in [0.5, 0.6) is 0 Å². The summed E-state index contributed by atoms with van der Waals surface area (Å²) in [5.41, 5.74) is 2.84. The van der Waals surface area contributed by atoms with E-state index in [1.807, 2.05) is 61.5 Å². The lowest BCUT2D eigenvalue weighted by atomic mass is 10.0. The number of amides is 1. The maximum atomic E-state index is 12.9. The number of anilines is 1. The predicted molar refractivity (Wildman–Crippen MR) is 117 cm³/mol. The van der Waals surface area contributed by atoms with Crippen molar-refractivity contribution >= 4 is 21.6 Å². The highest BCUT2D eigenvalue weighted by Gasteiger charge is 2.31. The fraction of sp³-hybridized carbons (Fsp3) is 0.409. The van der Waals surface area contributed by atoms with Crippen molar-refractivity contribution in [3.05, 3.63) is 54.6 Å². The van der Waals surface area contributed by atoms with Crippen LogP contribution in [0.15, 0.2) is 54.6 Å². The molecule has 6 nitrogen and oxygen atoms in total. The SMILES string of the molecule is C[C@H](C(=O)Nc1ccccc1-c1ccccc1)N1CCC(N(C)S(C)(=O)=O)CC1. The van der Waals surface area contributed by atoms with Crippen LogP contribution in [0.4, 0.5) is 5.69 Å². The number of nitrogens with zero attached hydrogens (tertiary/aromatic N) is 2. The zero-order valence-electron chi connectivity index (χ0n) is 17.2. The van der Waals surface area contributed by atoms with E-state index in [4.69, 9.17) is 0 Å². The molecule has 0 aromatic heterocycles. The normalized spacial score (nSPS) is 17.2. The number of carbonyl (C=O) groups is 1. The Morgan fingerprint density at radius 2 is 1.66 bits per heavy atom. The Hall–Kier alpha value is -2.22. The standard InChI is InChI=1S/C22H29N3O3S/c1-17(25-15-13-19(14-16-25)24(2)29(3,27)28)22(26)23-21-12-8-7-11-20(21)18-9-5-4-6-10-18/h4-12,17,19H,13-16H2,1-3H3,(H,23,26)/t17-/m1/s1. The van der Waals surface area contributed by atoms with Gasteiger partial charge in [0.25, 0.3) is 0 Å². The molecule has 3 rings (SSSR count). The number of nitrogens with one attached hydrogen (secondary N) is 1. The lowest BCUT2D eigenvalue weighted by molar-refractivity contribution is -0.121. The van der Waals surface area contributed by atoms with Crippen LogP contribution in [-0.4, -0.2) is 62.0 Å². The highest BCUT2D eigenvalue weighted by molar-refractivity contribution is 7.88. The molecule has 2 aromatic rings. The van der Waals surface area contributed by atoms with Crippen molar-refractivity contribution in [2.24, 2.45) is 0 Å². The number of carbonyl (C=O) groups excluding carboxylic acids is 1. The van der Waals surface area contributed by atoms with Gasteiger partial charge in [-0.3, -0.25) is 9.69 Å². The van der Waals surface area contributed by atoms with Crippen LogP contribution >= 0.6 is 0 Å². The number of para-hydroxylation sites is 1. The van der Waals surface area contributed by atoms with Gasteiger partial charge in [0.1, 0.15) is 0 Å². The fourth-order valence-electron chi connectivity index (χ4n) is 3.77. The third-order valence-electron chi connectivity index (χ3n) is 5.73. The number of likely N-dealkylation sites (tertiary alicyclic amines) is 1. The summed E-state index contributed by atoms with van der Waals surface area (Å²) in [7, 11) is -1.56. The fourth-order valence-corrected chi connectivity index (χ4v) is 4.52. The number of benzene rings is 2. The van der Waals surface area contributed by atoms with Crippen LogP contribution in [0.2, 0.25) is 0 Å². The molecule has 1 saturated heterocycles. The van der Waals surface area contributed by atoms with E-state index in [2.05, 4.69) is 10.2 Å². The van der Waals surface area contributed by atoms with Crippen LogP contribution in [0, 0.1) is 0 Å². The second-order valence-electron chi connectivity index (χ2n) is 7.62. The monoisotopic (exact) mass is 415 g/mol. The average Bonchev–Trinajstić information content (AvgIpc) is 2.73. The van der Waals surface area contributed by atoms with E-state index in [1.54, 1.807) is 7.05 Å². The Morgan fingerprint density at radius 1 is 1.07 bits per heavy atom. The first-order valence-corrected chi connectivity index (χ1v) is 11.7. The Labute approximate surface area is 173 Å². The highest BCUT2D eigenvalue weighted by atomic mass is 32.2. The van der Waals surface area contributed by atoms with E-state index in [0.717, 1.165) is 29.7 Å². The molecule has 1 amide bonds. The maximum Gasteiger partial charge on any atom is 0.241 e. The molecule has 2 aromatic carbocycles. The first kappa shape index (κ1) is 21.5. The molecule has 1 aliphatic heterocycles. The van der Waals surface area contributed by atoms with Gasteiger partial charge in [-0.1, -0.05) is 48.5 Å². The van der Waals surface area contributed by atoms with Gasteiger partial charge in [-0.25, -0.2) is 12.7 Å². The lowest BCUT2D eigenvalue weighted by Gasteiger charge is -2.38. The molecule has 1 atom stereocenters. The molecule has 0 aliphatic carbocycles. The summed E-state index contributed by atoms with van der Waals surface area (Å²) >= 11 is 0. The smallest absolute Gasteiger partial charge is 0.241 e. The van der Waals surface area contributed by atoms with Crippen molar-refractivity contribution in [1.82, 2.24) is 9.21 Å². The minimum absolute atomic E-state index is 0.00434. The van der Waals surface area contributed by atoms with Crippen molar-refractivity contribution in [2.75, 3.05) is 31.7 Å². The third kappa shape index (κ3) is 5.23. The second-order valence-corrected chi connectivity index (χ2v) is 9.67. The zero-order valence-corrected chi connectivity index (χ0v) is 18.0. The van der Waals surface area contributed by atoms with E-state index in [1.165, 1.54) is 10.6 Å². The van der Waals surface area contributed by atoms with Crippen molar-refractivity contribution in [2.45, 2.75) is 31.8 Å². The number of rotatable bonds is 6. The van der Waals surface area contributed by atoms with Crippen LogP contribution in [0.3, 0.4) is 0 Å². The minimum atomic E-state index is -3.19. The summed E-state index contributed by atoms with van der Waals surface area (Å²) in [4.78, 5) is 15.0. The predicted octanol–water partition coefficient (Wildman–Crippen LogP) is 3.04. The Morgan fingerprint density at radius 3 is 2.28 bits per heavy atom. The summed E-state index contributed by atoms with van der Waals surface area (Å²) in [6, 6.07) is 17.5. The number of hydrogen-bond donors (Lipinski definition) is 1. The van der Waals surface area contributed by atoms with Crippen LogP contribution in [0.1, 0.15) is 19.8 Å². The quantitative estimate of drug-likeness (QED) is 0.787. The van der Waals surface area contributed by atoms with Gasteiger partial charge >= 0.3 is 0 Å². The van der Waals surface area contributed by atoms with Crippen molar-refractivity contribution in [3.8, 4) is 11.1 Å². The molecule has 1 aliphatic rings. The van der Waals surface area contributed by atoms with Gasteiger partial charge in [0.15, 0.2) is 0 Å².